The van der Waals surface area contributed by atoms with Crippen molar-refractivity contribution >= 4 is 27.5 Å². The van der Waals surface area contributed by atoms with E-state index in [4.69, 9.17) is 4.74 Å². The van der Waals surface area contributed by atoms with E-state index in [0.717, 1.165) is 21.9 Å². The summed E-state index contributed by atoms with van der Waals surface area (Å²) in [6.45, 7) is 9.23. The summed E-state index contributed by atoms with van der Waals surface area (Å²) in [5, 5.41) is 2.94. The Balaban J connectivity index is 2.06. The zero-order valence-electron chi connectivity index (χ0n) is 23.8. The SMILES string of the molecule is CCOc1ccccc1N(CC(=O)N(Cc1ccc(C)cc1)[C@H](C)C(=O)N[C@@H](C)CC)S(=O)(=O)c1ccccc1. The van der Waals surface area contributed by atoms with Gasteiger partial charge in [-0.3, -0.25) is 13.9 Å². The average molecular weight is 566 g/mol. The van der Waals surface area contributed by atoms with Crippen molar-refractivity contribution in [1.82, 2.24) is 10.2 Å². The van der Waals surface area contributed by atoms with Crippen LogP contribution in [0.2, 0.25) is 0 Å². The molecule has 3 rings (SSSR count). The molecule has 3 aromatic carbocycles. The lowest BCUT2D eigenvalue weighted by Gasteiger charge is -2.33. The van der Waals surface area contributed by atoms with Crippen LogP contribution in [0, 0.1) is 6.92 Å². The number of rotatable bonds is 13. The minimum Gasteiger partial charge on any atom is -0.492 e. The Hall–Kier alpha value is -3.85. The number of carbonyl (C=O) groups excluding carboxylic acids is 2. The fourth-order valence-corrected chi connectivity index (χ4v) is 5.56. The number of ether oxygens (including phenoxy) is 1. The van der Waals surface area contributed by atoms with Gasteiger partial charge in [0.25, 0.3) is 10.0 Å². The largest absolute Gasteiger partial charge is 0.492 e. The minimum absolute atomic E-state index is 0.0433. The van der Waals surface area contributed by atoms with Gasteiger partial charge in [0.15, 0.2) is 0 Å². The lowest BCUT2D eigenvalue weighted by Crippen LogP contribution is -2.52. The van der Waals surface area contributed by atoms with Crippen molar-refractivity contribution in [3.63, 3.8) is 0 Å². The highest BCUT2D eigenvalue weighted by atomic mass is 32.2. The Morgan fingerprint density at radius 1 is 0.900 bits per heavy atom. The van der Waals surface area contributed by atoms with E-state index in [1.54, 1.807) is 56.3 Å². The molecule has 2 amide bonds. The van der Waals surface area contributed by atoms with Crippen molar-refractivity contribution in [2.45, 2.75) is 64.6 Å². The van der Waals surface area contributed by atoms with Crippen molar-refractivity contribution in [1.29, 1.82) is 0 Å². The number of hydrogen-bond donors (Lipinski definition) is 1. The maximum absolute atomic E-state index is 14.0. The molecule has 0 bridgehead atoms. The fourth-order valence-electron chi connectivity index (χ4n) is 4.11. The maximum Gasteiger partial charge on any atom is 0.264 e. The van der Waals surface area contributed by atoms with Crippen LogP contribution in [0.25, 0.3) is 0 Å². The summed E-state index contributed by atoms with van der Waals surface area (Å²) in [6, 6.07) is 21.5. The van der Waals surface area contributed by atoms with E-state index >= 15 is 0 Å². The topological polar surface area (TPSA) is 96.0 Å². The van der Waals surface area contributed by atoms with Gasteiger partial charge < -0.3 is 15.0 Å². The third kappa shape index (κ3) is 7.63. The molecular weight excluding hydrogens is 526 g/mol. The van der Waals surface area contributed by atoms with Crippen LogP contribution in [0.4, 0.5) is 5.69 Å². The number of carbonyl (C=O) groups is 2. The highest BCUT2D eigenvalue weighted by Crippen LogP contribution is 2.32. The van der Waals surface area contributed by atoms with Gasteiger partial charge in [-0.15, -0.1) is 0 Å². The van der Waals surface area contributed by atoms with Gasteiger partial charge in [-0.25, -0.2) is 8.42 Å². The number of anilines is 1. The van der Waals surface area contributed by atoms with E-state index in [1.807, 2.05) is 45.0 Å². The first kappa shape index (κ1) is 30.7. The standard InChI is InChI=1S/C31H39N3O5S/c1-6-24(4)32-31(36)25(5)33(21-26-19-17-23(3)18-20-26)30(35)22-34(28-15-11-12-16-29(28)39-7-2)40(37,38)27-13-9-8-10-14-27/h8-20,24-25H,6-7,21-22H2,1-5H3,(H,32,36)/t24-,25+/m0/s1. The molecule has 40 heavy (non-hydrogen) atoms. The maximum atomic E-state index is 14.0. The molecule has 0 aliphatic rings. The molecule has 0 saturated carbocycles. The van der Waals surface area contributed by atoms with Crippen molar-refractivity contribution < 1.29 is 22.7 Å². The second-order valence-electron chi connectivity index (χ2n) is 9.73. The predicted molar refractivity (Wildman–Crippen MR) is 158 cm³/mol. The van der Waals surface area contributed by atoms with Crippen LogP contribution in [0.5, 0.6) is 5.75 Å². The number of hydrogen-bond acceptors (Lipinski definition) is 5. The molecule has 0 aliphatic heterocycles. The molecular formula is C31H39N3O5S. The van der Waals surface area contributed by atoms with Crippen LogP contribution in [-0.4, -0.2) is 50.4 Å². The third-order valence-electron chi connectivity index (χ3n) is 6.69. The van der Waals surface area contributed by atoms with E-state index in [2.05, 4.69) is 5.32 Å². The van der Waals surface area contributed by atoms with Gasteiger partial charge in [0.2, 0.25) is 11.8 Å². The molecule has 3 aromatic rings. The Bertz CT molecular complexity index is 1380. The molecule has 214 valence electrons. The van der Waals surface area contributed by atoms with Gasteiger partial charge in [-0.05, 0) is 63.9 Å². The second kappa shape index (κ2) is 14.0. The summed E-state index contributed by atoms with van der Waals surface area (Å²) < 4.78 is 34.7. The molecule has 1 N–H and O–H groups in total. The van der Waals surface area contributed by atoms with Crippen molar-refractivity contribution in [2.24, 2.45) is 0 Å². The van der Waals surface area contributed by atoms with E-state index < -0.39 is 28.5 Å². The minimum atomic E-state index is -4.17. The zero-order chi connectivity index (χ0) is 29.3. The number of benzene rings is 3. The quantitative estimate of drug-likeness (QED) is 0.317. The van der Waals surface area contributed by atoms with E-state index in [0.29, 0.717) is 12.4 Å². The molecule has 0 heterocycles. The van der Waals surface area contributed by atoms with Crippen LogP contribution in [0.1, 0.15) is 45.2 Å². The van der Waals surface area contributed by atoms with Gasteiger partial charge in [0.1, 0.15) is 18.3 Å². The monoisotopic (exact) mass is 565 g/mol. The lowest BCUT2D eigenvalue weighted by atomic mass is 10.1. The molecule has 0 unspecified atom stereocenters. The van der Waals surface area contributed by atoms with Crippen LogP contribution in [0.15, 0.2) is 83.8 Å². The summed E-state index contributed by atoms with van der Waals surface area (Å²) in [6.07, 6.45) is 0.738. The molecule has 9 heteroatoms. The first-order valence-electron chi connectivity index (χ1n) is 13.5. The number of para-hydroxylation sites is 2. The predicted octanol–water partition coefficient (Wildman–Crippen LogP) is 4.92. The lowest BCUT2D eigenvalue weighted by molar-refractivity contribution is -0.139. The second-order valence-corrected chi connectivity index (χ2v) is 11.6. The van der Waals surface area contributed by atoms with Crippen molar-refractivity contribution in [3.8, 4) is 5.75 Å². The highest BCUT2D eigenvalue weighted by molar-refractivity contribution is 7.92. The number of amides is 2. The molecule has 0 aliphatic carbocycles. The normalized spacial score (nSPS) is 12.7. The van der Waals surface area contributed by atoms with Crippen LogP contribution in [0.3, 0.4) is 0 Å². The molecule has 0 spiro atoms. The Kier molecular flexibility index (Phi) is 10.7. The molecule has 2 atom stereocenters. The summed E-state index contributed by atoms with van der Waals surface area (Å²) in [7, 11) is -4.17. The first-order valence-corrected chi connectivity index (χ1v) is 15.0. The van der Waals surface area contributed by atoms with Gasteiger partial charge >= 0.3 is 0 Å². The number of nitrogens with one attached hydrogen (secondary N) is 1. The summed E-state index contributed by atoms with van der Waals surface area (Å²) in [5.74, 6) is -0.481. The van der Waals surface area contributed by atoms with Gasteiger partial charge in [0.05, 0.1) is 17.2 Å². The molecule has 0 radical (unpaired) electrons. The van der Waals surface area contributed by atoms with E-state index in [-0.39, 0.29) is 29.1 Å². The summed E-state index contributed by atoms with van der Waals surface area (Å²) >= 11 is 0. The zero-order valence-corrected chi connectivity index (χ0v) is 24.6. The Labute approximate surface area is 238 Å². The Morgan fingerprint density at radius 2 is 1.52 bits per heavy atom. The molecule has 0 saturated heterocycles. The molecule has 0 fully saturated rings. The Morgan fingerprint density at radius 3 is 2.15 bits per heavy atom. The summed E-state index contributed by atoms with van der Waals surface area (Å²) in [4.78, 5) is 28.7. The van der Waals surface area contributed by atoms with Gasteiger partial charge in [-0.2, -0.15) is 0 Å². The number of nitrogens with zero attached hydrogens (tertiary/aromatic N) is 2. The number of sulfonamides is 1. The average Bonchev–Trinajstić information content (AvgIpc) is 2.96. The van der Waals surface area contributed by atoms with Crippen molar-refractivity contribution in [2.75, 3.05) is 17.5 Å². The first-order chi connectivity index (χ1) is 19.1. The van der Waals surface area contributed by atoms with Crippen LogP contribution < -0.4 is 14.4 Å². The van der Waals surface area contributed by atoms with Crippen LogP contribution in [-0.2, 0) is 26.2 Å². The molecule has 8 nitrogen and oxygen atoms in total. The molecule has 0 aromatic heterocycles. The fraction of sp³-hybridized carbons (Fsp3) is 0.355. The number of aryl methyl sites for hydroxylation is 1. The van der Waals surface area contributed by atoms with E-state index in [1.165, 1.54) is 17.0 Å². The summed E-state index contributed by atoms with van der Waals surface area (Å²) in [5.41, 5.74) is 2.14. The van der Waals surface area contributed by atoms with Crippen molar-refractivity contribution in [3.05, 3.63) is 90.0 Å². The van der Waals surface area contributed by atoms with E-state index in [9.17, 15) is 18.0 Å². The third-order valence-corrected chi connectivity index (χ3v) is 8.46. The van der Waals surface area contributed by atoms with Gasteiger partial charge in [-0.1, -0.05) is 67.1 Å². The smallest absolute Gasteiger partial charge is 0.264 e. The van der Waals surface area contributed by atoms with Gasteiger partial charge in [0, 0.05) is 12.6 Å². The van der Waals surface area contributed by atoms with Crippen LogP contribution >= 0.6 is 0 Å². The highest BCUT2D eigenvalue weighted by Gasteiger charge is 2.33.